The molecule has 90 heavy (non-hydrogen) atoms. The van der Waals surface area contributed by atoms with Crippen molar-refractivity contribution in [2.75, 3.05) is 0 Å². The molecule has 0 bridgehead atoms. The Morgan fingerprint density at radius 3 is 0.989 bits per heavy atom. The summed E-state index contributed by atoms with van der Waals surface area (Å²) in [6, 6.07) is 116. The van der Waals surface area contributed by atoms with Crippen molar-refractivity contribution in [3.05, 3.63) is 315 Å². The standard InChI is InChI=1S/C88H52O2/c1-2-18-65-54(15-1)16-13-28-68(65)87-74-24-7-3-20-70(74)85(71-21-4-8-25-75(71)87)55-33-31-53(32-34-55)60-40-44-83-79(50-60)80-52-62(42-46-84(80)90-83)59-39-43-66-63(48-59)17-14-29-69(66)88-76-26-9-5-22-72(76)86(73-23-6-10-27-77(73)88)64-38-37-56-47-57(35-36-58(56)49-64)61-41-45-82-78(51-61)67-19-11-12-30-81(67)89-82/h1-52H. The highest BCUT2D eigenvalue weighted by molar-refractivity contribution is 6.26. The second kappa shape index (κ2) is 19.8. The molecule has 2 heterocycles. The van der Waals surface area contributed by atoms with Crippen LogP contribution in [0.4, 0.5) is 0 Å². The van der Waals surface area contributed by atoms with Crippen molar-refractivity contribution in [3.63, 3.8) is 0 Å². The molecule has 0 N–H and O–H groups in total. The molecule has 416 valence electrons. The van der Waals surface area contributed by atoms with Crippen molar-refractivity contribution >= 4 is 119 Å². The van der Waals surface area contributed by atoms with Crippen LogP contribution in [-0.2, 0) is 0 Å². The number of rotatable bonds is 7. The van der Waals surface area contributed by atoms with Crippen LogP contribution >= 0.6 is 0 Å². The Labute approximate surface area is 518 Å². The summed E-state index contributed by atoms with van der Waals surface area (Å²) < 4.78 is 12.7. The maximum atomic E-state index is 6.55. The summed E-state index contributed by atoms with van der Waals surface area (Å²) in [6.07, 6.45) is 0. The van der Waals surface area contributed by atoms with E-state index in [1.807, 2.05) is 12.1 Å². The molecule has 19 aromatic rings. The van der Waals surface area contributed by atoms with E-state index in [2.05, 4.69) is 303 Å². The summed E-state index contributed by atoms with van der Waals surface area (Å²) in [5.74, 6) is 0. The van der Waals surface area contributed by atoms with Gasteiger partial charge in [-0.2, -0.15) is 0 Å². The Kier molecular flexibility index (Phi) is 11.1. The average Bonchev–Trinajstić information content (AvgIpc) is 1.05. The average molecular weight is 1140 g/mol. The van der Waals surface area contributed by atoms with Crippen LogP contribution in [0.15, 0.2) is 324 Å². The third-order valence-corrected chi connectivity index (χ3v) is 19.2. The van der Waals surface area contributed by atoms with Crippen LogP contribution in [-0.4, -0.2) is 0 Å². The summed E-state index contributed by atoms with van der Waals surface area (Å²) >= 11 is 0. The van der Waals surface area contributed by atoms with Crippen LogP contribution in [0.3, 0.4) is 0 Å². The topological polar surface area (TPSA) is 26.3 Å². The number of furan rings is 2. The molecule has 0 aliphatic heterocycles. The highest BCUT2D eigenvalue weighted by atomic mass is 16.3. The smallest absolute Gasteiger partial charge is 0.135 e. The molecular formula is C88H52O2. The van der Waals surface area contributed by atoms with Gasteiger partial charge in [-0.25, -0.2) is 0 Å². The minimum atomic E-state index is 0.879. The molecule has 0 aliphatic carbocycles. The van der Waals surface area contributed by atoms with E-state index in [0.29, 0.717) is 0 Å². The van der Waals surface area contributed by atoms with E-state index in [0.717, 1.165) is 66.1 Å². The molecule has 0 atom stereocenters. The number of hydrogen-bond acceptors (Lipinski definition) is 2. The molecule has 17 aromatic carbocycles. The van der Waals surface area contributed by atoms with Gasteiger partial charge in [0.1, 0.15) is 22.3 Å². The Balaban J connectivity index is 0.659. The lowest BCUT2D eigenvalue weighted by molar-refractivity contribution is 0.668. The fraction of sp³-hybridized carbons (Fsp3) is 0. The molecule has 0 unspecified atom stereocenters. The first-order valence-corrected chi connectivity index (χ1v) is 31.0. The van der Waals surface area contributed by atoms with Gasteiger partial charge in [0.05, 0.1) is 0 Å². The zero-order valence-electron chi connectivity index (χ0n) is 48.8. The van der Waals surface area contributed by atoms with Crippen molar-refractivity contribution in [2.24, 2.45) is 0 Å². The SMILES string of the molecule is c1ccc2c(-c3c4ccccc4c(-c4ccc(-c5ccc6oc7ccc(-c8ccc9c(-c%10c%11ccccc%11c(-c%11ccc%12cc(-c%13ccc%14oc%15ccccc%15c%14c%13)ccc%12c%11)c%11ccccc%10%11)cccc9c8)cc7c6c5)cc4)c4ccccc34)cccc2c1. The van der Waals surface area contributed by atoms with E-state index in [1.54, 1.807) is 0 Å². The van der Waals surface area contributed by atoms with Gasteiger partial charge in [-0.1, -0.05) is 255 Å². The third kappa shape index (κ3) is 7.85. The van der Waals surface area contributed by atoms with Crippen molar-refractivity contribution in [2.45, 2.75) is 0 Å². The zero-order valence-corrected chi connectivity index (χ0v) is 48.8. The Hall–Kier alpha value is -11.8. The lowest BCUT2D eigenvalue weighted by Gasteiger charge is -2.19. The second-order valence-electron chi connectivity index (χ2n) is 24.1. The molecule has 2 nitrogen and oxygen atoms in total. The summed E-state index contributed by atoms with van der Waals surface area (Å²) in [5, 5.41) is 21.8. The quantitative estimate of drug-likeness (QED) is 0.149. The van der Waals surface area contributed by atoms with Crippen LogP contribution in [0.25, 0.3) is 197 Å². The number of benzene rings is 17. The van der Waals surface area contributed by atoms with Crippen LogP contribution in [0.2, 0.25) is 0 Å². The lowest BCUT2D eigenvalue weighted by atomic mass is 9.84. The van der Waals surface area contributed by atoms with Gasteiger partial charge in [-0.05, 0) is 214 Å². The minimum Gasteiger partial charge on any atom is -0.456 e. The van der Waals surface area contributed by atoms with Gasteiger partial charge in [-0.15, -0.1) is 0 Å². The predicted octanol–water partition coefficient (Wildman–Crippen LogP) is 25.2. The molecule has 0 saturated carbocycles. The van der Waals surface area contributed by atoms with Gasteiger partial charge >= 0.3 is 0 Å². The summed E-state index contributed by atoms with van der Waals surface area (Å²) in [5.41, 5.74) is 20.5. The summed E-state index contributed by atoms with van der Waals surface area (Å²) in [6.45, 7) is 0. The van der Waals surface area contributed by atoms with E-state index in [-0.39, 0.29) is 0 Å². The lowest BCUT2D eigenvalue weighted by Crippen LogP contribution is -1.92. The van der Waals surface area contributed by atoms with Gasteiger partial charge in [0, 0.05) is 21.5 Å². The normalized spacial score (nSPS) is 12.0. The molecular weight excluding hydrogens is 1090 g/mol. The zero-order chi connectivity index (χ0) is 59.0. The second-order valence-corrected chi connectivity index (χ2v) is 24.1. The van der Waals surface area contributed by atoms with Gasteiger partial charge in [-0.3, -0.25) is 0 Å². The molecule has 0 aliphatic rings. The third-order valence-electron chi connectivity index (χ3n) is 19.2. The first-order chi connectivity index (χ1) is 44.6. The highest BCUT2D eigenvalue weighted by Crippen LogP contribution is 2.49. The van der Waals surface area contributed by atoms with Gasteiger partial charge < -0.3 is 8.83 Å². The Morgan fingerprint density at radius 1 is 0.144 bits per heavy atom. The van der Waals surface area contributed by atoms with E-state index >= 15 is 0 Å². The van der Waals surface area contributed by atoms with Crippen molar-refractivity contribution in [1.29, 1.82) is 0 Å². The van der Waals surface area contributed by atoms with Crippen LogP contribution in [0.5, 0.6) is 0 Å². The molecule has 2 aromatic heterocycles. The van der Waals surface area contributed by atoms with E-state index in [4.69, 9.17) is 8.83 Å². The van der Waals surface area contributed by atoms with E-state index in [1.165, 1.54) is 131 Å². The summed E-state index contributed by atoms with van der Waals surface area (Å²) in [7, 11) is 0. The van der Waals surface area contributed by atoms with Crippen LogP contribution in [0, 0.1) is 0 Å². The van der Waals surface area contributed by atoms with Crippen molar-refractivity contribution < 1.29 is 8.83 Å². The number of fused-ring (bicyclic) bond motifs is 13. The fourth-order valence-electron chi connectivity index (χ4n) is 15.0. The molecule has 19 rings (SSSR count). The fourth-order valence-corrected chi connectivity index (χ4v) is 15.0. The molecule has 0 spiro atoms. The first-order valence-electron chi connectivity index (χ1n) is 31.0. The first kappa shape index (κ1) is 50.3. The molecule has 2 heteroatoms. The maximum Gasteiger partial charge on any atom is 0.135 e. The summed E-state index contributed by atoms with van der Waals surface area (Å²) in [4.78, 5) is 0. The maximum absolute atomic E-state index is 6.55. The van der Waals surface area contributed by atoms with Crippen LogP contribution in [0.1, 0.15) is 0 Å². The minimum absolute atomic E-state index is 0.879. The van der Waals surface area contributed by atoms with E-state index < -0.39 is 0 Å². The van der Waals surface area contributed by atoms with Gasteiger partial charge in [0.25, 0.3) is 0 Å². The molecule has 0 radical (unpaired) electrons. The van der Waals surface area contributed by atoms with Gasteiger partial charge in [0.15, 0.2) is 0 Å². The predicted molar refractivity (Wildman–Crippen MR) is 382 cm³/mol. The number of hydrogen-bond donors (Lipinski definition) is 0. The molecule has 0 amide bonds. The highest BCUT2D eigenvalue weighted by Gasteiger charge is 2.22. The van der Waals surface area contributed by atoms with Crippen molar-refractivity contribution in [1.82, 2.24) is 0 Å². The molecule has 0 saturated heterocycles. The largest absolute Gasteiger partial charge is 0.456 e. The van der Waals surface area contributed by atoms with E-state index in [9.17, 15) is 0 Å². The Morgan fingerprint density at radius 2 is 0.456 bits per heavy atom. The number of para-hydroxylation sites is 1. The monoisotopic (exact) mass is 1140 g/mol. The Bertz CT molecular complexity index is 6090. The molecule has 0 fully saturated rings. The van der Waals surface area contributed by atoms with Gasteiger partial charge in [0.2, 0.25) is 0 Å². The van der Waals surface area contributed by atoms with Crippen molar-refractivity contribution in [3.8, 4) is 77.9 Å². The van der Waals surface area contributed by atoms with Crippen LogP contribution < -0.4 is 0 Å².